The maximum atomic E-state index is 12.4. The number of carbonyl (C=O) groups is 2. The van der Waals surface area contributed by atoms with Gasteiger partial charge in [-0.25, -0.2) is 4.79 Å². The predicted molar refractivity (Wildman–Crippen MR) is 97.0 cm³/mol. The lowest BCUT2D eigenvalue weighted by Crippen LogP contribution is -2.30. The van der Waals surface area contributed by atoms with Crippen molar-refractivity contribution in [2.24, 2.45) is 0 Å². The number of esters is 1. The van der Waals surface area contributed by atoms with Gasteiger partial charge in [-0.15, -0.1) is 0 Å². The molecule has 0 aliphatic carbocycles. The van der Waals surface area contributed by atoms with Crippen molar-refractivity contribution < 1.29 is 28.9 Å². The van der Waals surface area contributed by atoms with E-state index in [-0.39, 0.29) is 12.5 Å². The van der Waals surface area contributed by atoms with Crippen LogP contribution in [0.15, 0.2) is 18.2 Å². The number of amides is 1. The third-order valence-corrected chi connectivity index (χ3v) is 4.41. The molecule has 8 nitrogen and oxygen atoms in total. The Morgan fingerprint density at radius 3 is 2.59 bits per heavy atom. The van der Waals surface area contributed by atoms with Crippen molar-refractivity contribution in [1.29, 1.82) is 0 Å². The van der Waals surface area contributed by atoms with E-state index in [0.29, 0.717) is 34.0 Å². The first-order valence-corrected chi connectivity index (χ1v) is 8.56. The number of ether oxygens (including phenoxy) is 3. The van der Waals surface area contributed by atoms with Crippen molar-refractivity contribution in [2.45, 2.75) is 39.9 Å². The molecule has 0 bridgehead atoms. The molecule has 1 aromatic heterocycles. The van der Waals surface area contributed by atoms with Gasteiger partial charge in [0.2, 0.25) is 6.79 Å². The van der Waals surface area contributed by atoms with E-state index in [1.165, 1.54) is 6.92 Å². The summed E-state index contributed by atoms with van der Waals surface area (Å²) in [6.45, 7) is 6.74. The number of aliphatic hydroxyl groups is 1. The van der Waals surface area contributed by atoms with Crippen LogP contribution < -0.4 is 14.8 Å². The third-order valence-electron chi connectivity index (χ3n) is 4.41. The van der Waals surface area contributed by atoms with Gasteiger partial charge in [0.1, 0.15) is 5.69 Å². The minimum atomic E-state index is -1.01. The number of aryl methyl sites for hydroxylation is 1. The lowest BCUT2D eigenvalue weighted by molar-refractivity contribution is -0.123. The zero-order chi connectivity index (χ0) is 19.7. The Labute approximate surface area is 156 Å². The molecule has 2 aromatic rings. The molecule has 1 amide bonds. The monoisotopic (exact) mass is 374 g/mol. The smallest absolute Gasteiger partial charge is 0.355 e. The number of carbonyl (C=O) groups excluding carboxylic acids is 2. The van der Waals surface area contributed by atoms with Crippen LogP contribution in [0.3, 0.4) is 0 Å². The third kappa shape index (κ3) is 3.75. The van der Waals surface area contributed by atoms with Crippen LogP contribution in [-0.2, 0) is 9.53 Å². The maximum Gasteiger partial charge on any atom is 0.355 e. The molecule has 0 saturated carbocycles. The van der Waals surface area contributed by atoms with Gasteiger partial charge in [-0.2, -0.15) is 0 Å². The molecule has 0 unspecified atom stereocenters. The van der Waals surface area contributed by atoms with Crippen molar-refractivity contribution in [2.75, 3.05) is 12.1 Å². The van der Waals surface area contributed by atoms with Crippen LogP contribution in [0.1, 0.15) is 47.3 Å². The Morgan fingerprint density at radius 1 is 1.22 bits per heavy atom. The minimum absolute atomic E-state index is 0.143. The fourth-order valence-corrected chi connectivity index (χ4v) is 3.09. The number of benzene rings is 1. The van der Waals surface area contributed by atoms with Crippen molar-refractivity contribution >= 4 is 17.6 Å². The fourth-order valence-electron chi connectivity index (χ4n) is 3.09. The second-order valence-electron chi connectivity index (χ2n) is 6.44. The molecule has 2 heterocycles. The summed E-state index contributed by atoms with van der Waals surface area (Å²) in [6, 6.07) is 5.01. The molecule has 3 N–H and O–H groups in total. The topological polar surface area (TPSA) is 110 Å². The minimum Gasteiger partial charge on any atom is -0.454 e. The number of hydrogen-bond acceptors (Lipinski definition) is 6. The van der Waals surface area contributed by atoms with Gasteiger partial charge < -0.3 is 29.6 Å². The maximum absolute atomic E-state index is 12.4. The van der Waals surface area contributed by atoms with Crippen molar-refractivity contribution in [3.8, 4) is 11.5 Å². The number of rotatable bonds is 5. The number of aromatic amines is 1. The molecule has 0 radical (unpaired) electrons. The Hall–Kier alpha value is -3.00. The highest BCUT2D eigenvalue weighted by Gasteiger charge is 2.25. The average Bonchev–Trinajstić information content (AvgIpc) is 3.18. The van der Waals surface area contributed by atoms with Gasteiger partial charge >= 0.3 is 5.97 Å². The van der Waals surface area contributed by atoms with E-state index in [9.17, 15) is 14.7 Å². The van der Waals surface area contributed by atoms with Crippen LogP contribution in [0.5, 0.6) is 11.5 Å². The Morgan fingerprint density at radius 2 is 1.93 bits per heavy atom. The lowest BCUT2D eigenvalue weighted by atomic mass is 10.1. The van der Waals surface area contributed by atoms with Crippen LogP contribution in [0.2, 0.25) is 0 Å². The average molecular weight is 374 g/mol. The largest absolute Gasteiger partial charge is 0.454 e. The van der Waals surface area contributed by atoms with Gasteiger partial charge in [0, 0.05) is 23.0 Å². The zero-order valence-corrected chi connectivity index (χ0v) is 15.6. The molecule has 0 fully saturated rings. The van der Waals surface area contributed by atoms with Crippen molar-refractivity contribution in [3.63, 3.8) is 0 Å². The number of hydrogen-bond donors (Lipinski definition) is 3. The first kappa shape index (κ1) is 18.8. The van der Waals surface area contributed by atoms with Gasteiger partial charge in [0.05, 0.1) is 6.10 Å². The van der Waals surface area contributed by atoms with Gasteiger partial charge in [0.15, 0.2) is 17.6 Å². The SMILES string of the molecule is Cc1[nH]c(C(=O)O[C@H](C)C(=O)Nc2ccc3c(c2)OCO3)c(C)c1[C@@H](C)O. The summed E-state index contributed by atoms with van der Waals surface area (Å²) in [5.74, 6) is 0.0225. The molecule has 1 aliphatic rings. The normalized spacial score (nSPS) is 14.6. The van der Waals surface area contributed by atoms with E-state index in [4.69, 9.17) is 14.2 Å². The Kier molecular flexibility index (Phi) is 5.09. The van der Waals surface area contributed by atoms with Crippen molar-refractivity contribution in [1.82, 2.24) is 4.98 Å². The fraction of sp³-hybridized carbons (Fsp3) is 0.368. The molecule has 144 valence electrons. The number of anilines is 1. The molecule has 1 aliphatic heterocycles. The molecule has 0 saturated heterocycles. The summed E-state index contributed by atoms with van der Waals surface area (Å²) in [5.41, 5.74) is 2.68. The lowest BCUT2D eigenvalue weighted by Gasteiger charge is -2.14. The second kappa shape index (κ2) is 7.32. The molecule has 27 heavy (non-hydrogen) atoms. The zero-order valence-electron chi connectivity index (χ0n) is 15.6. The van der Waals surface area contributed by atoms with Crippen molar-refractivity contribution in [3.05, 3.63) is 40.7 Å². The summed E-state index contributed by atoms with van der Waals surface area (Å²) >= 11 is 0. The number of nitrogens with one attached hydrogen (secondary N) is 2. The molecule has 3 rings (SSSR count). The first-order valence-electron chi connectivity index (χ1n) is 8.56. The van der Waals surface area contributed by atoms with E-state index in [1.807, 2.05) is 0 Å². The van der Waals surface area contributed by atoms with Crippen LogP contribution >= 0.6 is 0 Å². The summed E-state index contributed by atoms with van der Waals surface area (Å²) in [5, 5.41) is 12.5. The number of H-pyrrole nitrogens is 1. The quantitative estimate of drug-likeness (QED) is 0.694. The number of aliphatic hydroxyl groups excluding tert-OH is 1. The van der Waals surface area contributed by atoms with Crippen LogP contribution in [0.4, 0.5) is 5.69 Å². The number of aromatic nitrogens is 1. The van der Waals surface area contributed by atoms with Crippen LogP contribution in [-0.4, -0.2) is 34.9 Å². The van der Waals surface area contributed by atoms with Gasteiger partial charge in [-0.05, 0) is 45.4 Å². The van der Waals surface area contributed by atoms with E-state index in [2.05, 4.69) is 10.3 Å². The molecule has 0 spiro atoms. The highest BCUT2D eigenvalue weighted by atomic mass is 16.7. The molecule has 8 heteroatoms. The molecular formula is C19H22N2O6. The first-order chi connectivity index (χ1) is 12.8. The standard InChI is InChI=1S/C19H22N2O6/c1-9-16(11(3)22)10(2)20-17(9)19(24)27-12(4)18(23)21-13-5-6-14-15(7-13)26-8-25-14/h5-7,11-12,20,22H,8H2,1-4H3,(H,21,23)/t11-,12-/m1/s1. The van der Waals surface area contributed by atoms with Crippen LogP contribution in [0.25, 0.3) is 0 Å². The highest BCUT2D eigenvalue weighted by Crippen LogP contribution is 2.34. The van der Waals surface area contributed by atoms with Gasteiger partial charge in [-0.1, -0.05) is 0 Å². The van der Waals surface area contributed by atoms with Gasteiger partial charge in [0.25, 0.3) is 5.91 Å². The molecule has 2 atom stereocenters. The summed E-state index contributed by atoms with van der Waals surface area (Å²) in [6.07, 6.45) is -1.73. The summed E-state index contributed by atoms with van der Waals surface area (Å²) in [4.78, 5) is 27.7. The van der Waals surface area contributed by atoms with E-state index >= 15 is 0 Å². The number of fused-ring (bicyclic) bond motifs is 1. The van der Waals surface area contributed by atoms with Crippen LogP contribution in [0, 0.1) is 13.8 Å². The Balaban J connectivity index is 1.66. The highest BCUT2D eigenvalue weighted by molar-refractivity contribution is 5.97. The summed E-state index contributed by atoms with van der Waals surface area (Å²) < 4.78 is 15.8. The van der Waals surface area contributed by atoms with E-state index in [1.54, 1.807) is 39.0 Å². The van der Waals surface area contributed by atoms with E-state index in [0.717, 1.165) is 0 Å². The second-order valence-corrected chi connectivity index (χ2v) is 6.44. The Bertz CT molecular complexity index is 887. The summed E-state index contributed by atoms with van der Waals surface area (Å²) in [7, 11) is 0. The molecular weight excluding hydrogens is 352 g/mol. The van der Waals surface area contributed by atoms with Gasteiger partial charge in [-0.3, -0.25) is 4.79 Å². The predicted octanol–water partition coefficient (Wildman–Crippen LogP) is 2.60. The molecule has 1 aromatic carbocycles. The van der Waals surface area contributed by atoms with E-state index < -0.39 is 24.1 Å².